The zero-order chi connectivity index (χ0) is 15.9. The average molecular weight is 360 g/mol. The maximum Gasteiger partial charge on any atom is 0.252 e. The third kappa shape index (κ3) is 6.01. The molecule has 1 fully saturated rings. The van der Waals surface area contributed by atoms with Gasteiger partial charge in [0.2, 0.25) is 5.91 Å². The zero-order valence-corrected chi connectivity index (χ0v) is 14.5. The summed E-state index contributed by atoms with van der Waals surface area (Å²) in [7, 11) is 0. The van der Waals surface area contributed by atoms with Gasteiger partial charge in [-0.2, -0.15) is 0 Å². The van der Waals surface area contributed by atoms with E-state index in [-0.39, 0.29) is 36.2 Å². The van der Waals surface area contributed by atoms with Gasteiger partial charge in [0.1, 0.15) is 0 Å². The van der Waals surface area contributed by atoms with E-state index in [4.69, 9.17) is 17.3 Å². The summed E-state index contributed by atoms with van der Waals surface area (Å²) in [5.74, 6) is -0.204. The lowest BCUT2D eigenvalue weighted by atomic mass is 9.85. The molecule has 0 aromatic heterocycles. The third-order valence-electron chi connectivity index (χ3n) is 3.91. The van der Waals surface area contributed by atoms with Crippen LogP contribution in [0.5, 0.6) is 0 Å². The zero-order valence-electron chi connectivity index (χ0n) is 12.9. The molecule has 2 atom stereocenters. The van der Waals surface area contributed by atoms with Crippen LogP contribution in [0.3, 0.4) is 0 Å². The average Bonchev–Trinajstić information content (AvgIpc) is 2.51. The molecule has 5 nitrogen and oxygen atoms in total. The fraction of sp³-hybridized carbons (Fsp3) is 0.500. The molecule has 2 amide bonds. The second-order valence-electron chi connectivity index (χ2n) is 5.65. The second-order valence-corrected chi connectivity index (χ2v) is 6.06. The van der Waals surface area contributed by atoms with Crippen molar-refractivity contribution in [2.45, 2.75) is 31.7 Å². The van der Waals surface area contributed by atoms with Crippen LogP contribution in [0.25, 0.3) is 0 Å². The van der Waals surface area contributed by atoms with Crippen LogP contribution in [0, 0.1) is 5.92 Å². The summed E-state index contributed by atoms with van der Waals surface area (Å²) in [5.41, 5.74) is 6.33. The first kappa shape index (κ1) is 19.7. The van der Waals surface area contributed by atoms with Crippen LogP contribution >= 0.6 is 24.0 Å². The number of carbonyl (C=O) groups is 2. The largest absolute Gasteiger partial charge is 0.354 e. The number of amides is 2. The van der Waals surface area contributed by atoms with Gasteiger partial charge >= 0.3 is 0 Å². The van der Waals surface area contributed by atoms with Gasteiger partial charge in [0, 0.05) is 25.0 Å². The minimum atomic E-state index is -0.237. The van der Waals surface area contributed by atoms with Crippen molar-refractivity contribution in [3.8, 4) is 0 Å². The van der Waals surface area contributed by atoms with E-state index in [0.717, 1.165) is 25.7 Å². The van der Waals surface area contributed by atoms with Crippen LogP contribution in [-0.4, -0.2) is 30.9 Å². The Morgan fingerprint density at radius 2 is 1.87 bits per heavy atom. The lowest BCUT2D eigenvalue weighted by molar-refractivity contribution is -0.126. The van der Waals surface area contributed by atoms with E-state index in [9.17, 15) is 9.59 Å². The molecule has 1 saturated carbocycles. The molecular formula is C16H23Cl2N3O2. The predicted octanol–water partition coefficient (Wildman–Crippen LogP) is 2.13. The molecule has 1 aliphatic carbocycles. The lowest BCUT2D eigenvalue weighted by Gasteiger charge is -2.25. The number of benzene rings is 1. The van der Waals surface area contributed by atoms with Crippen LogP contribution in [0.4, 0.5) is 0 Å². The van der Waals surface area contributed by atoms with Crippen LogP contribution in [0.1, 0.15) is 36.0 Å². The lowest BCUT2D eigenvalue weighted by Crippen LogP contribution is -2.40. The molecule has 7 heteroatoms. The van der Waals surface area contributed by atoms with Gasteiger partial charge in [-0.1, -0.05) is 30.2 Å². The molecule has 1 aromatic rings. The van der Waals surface area contributed by atoms with E-state index in [2.05, 4.69) is 10.6 Å². The molecule has 1 aliphatic rings. The maximum absolute atomic E-state index is 12.0. The van der Waals surface area contributed by atoms with Gasteiger partial charge in [0.05, 0.1) is 10.6 Å². The van der Waals surface area contributed by atoms with Crippen molar-refractivity contribution in [1.82, 2.24) is 10.6 Å². The number of carbonyl (C=O) groups excluding carboxylic acids is 2. The first-order valence-electron chi connectivity index (χ1n) is 7.64. The molecule has 0 aliphatic heterocycles. The quantitative estimate of drug-likeness (QED) is 0.704. The Labute approximate surface area is 147 Å². The summed E-state index contributed by atoms with van der Waals surface area (Å²) < 4.78 is 0. The van der Waals surface area contributed by atoms with Gasteiger partial charge in [0.25, 0.3) is 5.91 Å². The van der Waals surface area contributed by atoms with Gasteiger partial charge < -0.3 is 16.4 Å². The van der Waals surface area contributed by atoms with Crippen molar-refractivity contribution >= 4 is 35.8 Å². The monoisotopic (exact) mass is 359 g/mol. The highest BCUT2D eigenvalue weighted by Gasteiger charge is 2.24. The SMILES string of the molecule is Cl.NC1CCCC(C(=O)NCCNC(=O)c2ccccc2Cl)C1. The van der Waals surface area contributed by atoms with E-state index in [1.807, 2.05) is 0 Å². The van der Waals surface area contributed by atoms with Gasteiger partial charge in [-0.3, -0.25) is 9.59 Å². The first-order valence-corrected chi connectivity index (χ1v) is 8.01. The molecule has 0 saturated heterocycles. The Balaban J connectivity index is 0.00000264. The molecule has 128 valence electrons. The van der Waals surface area contributed by atoms with Crippen molar-refractivity contribution in [3.05, 3.63) is 34.9 Å². The number of rotatable bonds is 5. The van der Waals surface area contributed by atoms with Crippen molar-refractivity contribution in [2.75, 3.05) is 13.1 Å². The van der Waals surface area contributed by atoms with Crippen molar-refractivity contribution in [1.29, 1.82) is 0 Å². The van der Waals surface area contributed by atoms with Crippen molar-refractivity contribution in [3.63, 3.8) is 0 Å². The fourth-order valence-electron chi connectivity index (χ4n) is 2.71. The highest BCUT2D eigenvalue weighted by molar-refractivity contribution is 6.33. The number of halogens is 2. The Morgan fingerprint density at radius 1 is 1.17 bits per heavy atom. The van der Waals surface area contributed by atoms with Crippen molar-refractivity contribution < 1.29 is 9.59 Å². The van der Waals surface area contributed by atoms with E-state index in [1.165, 1.54) is 0 Å². The molecule has 2 rings (SSSR count). The summed E-state index contributed by atoms with van der Waals surface area (Å²) in [6, 6.07) is 7.00. The molecule has 1 aromatic carbocycles. The van der Waals surface area contributed by atoms with Gasteiger partial charge in [-0.05, 0) is 31.4 Å². The van der Waals surface area contributed by atoms with E-state index < -0.39 is 0 Å². The van der Waals surface area contributed by atoms with Crippen molar-refractivity contribution in [2.24, 2.45) is 11.7 Å². The smallest absolute Gasteiger partial charge is 0.252 e. The van der Waals surface area contributed by atoms with Gasteiger partial charge in [-0.15, -0.1) is 12.4 Å². The summed E-state index contributed by atoms with van der Waals surface area (Å²) in [6.07, 6.45) is 3.64. The minimum Gasteiger partial charge on any atom is -0.354 e. The third-order valence-corrected chi connectivity index (χ3v) is 4.24. The highest BCUT2D eigenvalue weighted by atomic mass is 35.5. The summed E-state index contributed by atoms with van der Waals surface area (Å²) >= 11 is 5.96. The fourth-order valence-corrected chi connectivity index (χ4v) is 2.93. The Morgan fingerprint density at radius 3 is 2.57 bits per heavy atom. The molecular weight excluding hydrogens is 337 g/mol. The molecule has 0 radical (unpaired) electrons. The predicted molar refractivity (Wildman–Crippen MR) is 94.0 cm³/mol. The summed E-state index contributed by atoms with van der Waals surface area (Å²) in [6.45, 7) is 0.773. The summed E-state index contributed by atoms with van der Waals surface area (Å²) in [5, 5.41) is 6.01. The van der Waals surface area contributed by atoms with Crippen LogP contribution in [0.2, 0.25) is 5.02 Å². The number of hydrogen-bond acceptors (Lipinski definition) is 3. The maximum atomic E-state index is 12.0. The Bertz CT molecular complexity index is 540. The topological polar surface area (TPSA) is 84.2 Å². The number of nitrogens with one attached hydrogen (secondary N) is 2. The van der Waals surface area contributed by atoms with Crippen LogP contribution in [0.15, 0.2) is 24.3 Å². The van der Waals surface area contributed by atoms with E-state index in [1.54, 1.807) is 24.3 Å². The Hall–Kier alpha value is -1.30. The Kier molecular flexibility index (Phi) is 8.37. The van der Waals surface area contributed by atoms with Crippen LogP contribution in [-0.2, 0) is 4.79 Å². The normalized spacial score (nSPS) is 20.3. The minimum absolute atomic E-state index is 0. The summed E-state index contributed by atoms with van der Waals surface area (Å²) in [4.78, 5) is 23.9. The van der Waals surface area contributed by atoms with E-state index >= 15 is 0 Å². The molecule has 0 bridgehead atoms. The van der Waals surface area contributed by atoms with Gasteiger partial charge in [0.15, 0.2) is 0 Å². The molecule has 2 unspecified atom stereocenters. The molecule has 0 spiro atoms. The highest BCUT2D eigenvalue weighted by Crippen LogP contribution is 2.22. The second kappa shape index (κ2) is 9.75. The first-order chi connectivity index (χ1) is 10.6. The standard InChI is InChI=1S/C16H22ClN3O2.ClH/c17-14-7-2-1-6-13(14)16(22)20-9-8-19-15(21)11-4-3-5-12(18)10-11;/h1-2,6-7,11-12H,3-5,8-10,18H2,(H,19,21)(H,20,22);1H. The van der Waals surface area contributed by atoms with Gasteiger partial charge in [-0.25, -0.2) is 0 Å². The van der Waals surface area contributed by atoms with Crippen LogP contribution < -0.4 is 16.4 Å². The molecule has 0 heterocycles. The van der Waals surface area contributed by atoms with E-state index in [0.29, 0.717) is 23.7 Å². The number of nitrogens with two attached hydrogens (primary N) is 1. The number of hydrogen-bond donors (Lipinski definition) is 3. The molecule has 23 heavy (non-hydrogen) atoms. The molecule has 4 N–H and O–H groups in total.